The molecular formula is C16H25ClN2O4S. The van der Waals surface area contributed by atoms with Crippen LogP contribution in [-0.2, 0) is 14.8 Å². The molecule has 8 heteroatoms. The fraction of sp³-hybridized carbons (Fsp3) is 0.562. The van der Waals surface area contributed by atoms with Crippen molar-refractivity contribution < 1.29 is 17.9 Å². The molecule has 0 atom stereocenters. The Labute approximate surface area is 149 Å². The van der Waals surface area contributed by atoms with Gasteiger partial charge in [0.2, 0.25) is 15.9 Å². The quantitative estimate of drug-likeness (QED) is 0.682. The van der Waals surface area contributed by atoms with E-state index in [9.17, 15) is 13.2 Å². The smallest absolute Gasteiger partial charge is 0.224 e. The summed E-state index contributed by atoms with van der Waals surface area (Å²) in [4.78, 5) is 12.0. The Hall–Kier alpha value is -1.31. The number of carbonyl (C=O) groups excluding carboxylic acids is 1. The molecule has 2 N–H and O–H groups in total. The fourth-order valence-corrected chi connectivity index (χ4v) is 2.84. The van der Waals surface area contributed by atoms with Crippen molar-refractivity contribution in [2.24, 2.45) is 0 Å². The Morgan fingerprint density at radius 1 is 1.25 bits per heavy atom. The number of rotatable bonds is 8. The number of amides is 1. The first-order chi connectivity index (χ1) is 11.1. The fourth-order valence-electron chi connectivity index (χ4n) is 1.82. The predicted molar refractivity (Wildman–Crippen MR) is 97.2 cm³/mol. The van der Waals surface area contributed by atoms with E-state index in [1.807, 2.05) is 0 Å². The molecule has 0 aliphatic carbocycles. The zero-order chi connectivity index (χ0) is 18.4. The van der Waals surface area contributed by atoms with Gasteiger partial charge in [-0.1, -0.05) is 11.6 Å². The Morgan fingerprint density at radius 2 is 1.92 bits per heavy atom. The van der Waals surface area contributed by atoms with E-state index < -0.39 is 14.8 Å². The highest BCUT2D eigenvalue weighted by molar-refractivity contribution is 7.90. The van der Waals surface area contributed by atoms with Crippen LogP contribution in [0, 0.1) is 0 Å². The zero-order valence-electron chi connectivity index (χ0n) is 14.5. The SMILES string of the molecule is COc1ccc(Cl)cc1NC(=O)CCCCNS(=O)(=O)C(C)(C)C. The molecule has 0 bridgehead atoms. The van der Waals surface area contributed by atoms with Crippen molar-refractivity contribution in [2.45, 2.75) is 44.8 Å². The number of halogens is 1. The van der Waals surface area contributed by atoms with Gasteiger partial charge in [0.1, 0.15) is 5.75 Å². The number of benzene rings is 1. The molecular weight excluding hydrogens is 352 g/mol. The third kappa shape index (κ3) is 6.30. The van der Waals surface area contributed by atoms with Crippen LogP contribution in [-0.4, -0.2) is 32.7 Å². The molecule has 0 aromatic heterocycles. The lowest BCUT2D eigenvalue weighted by molar-refractivity contribution is -0.116. The number of carbonyl (C=O) groups is 1. The van der Waals surface area contributed by atoms with E-state index in [-0.39, 0.29) is 12.3 Å². The minimum atomic E-state index is -3.34. The van der Waals surface area contributed by atoms with Gasteiger partial charge < -0.3 is 10.1 Å². The lowest BCUT2D eigenvalue weighted by atomic mass is 10.2. The van der Waals surface area contributed by atoms with Gasteiger partial charge in [0, 0.05) is 18.0 Å². The monoisotopic (exact) mass is 376 g/mol. The first-order valence-electron chi connectivity index (χ1n) is 7.69. The van der Waals surface area contributed by atoms with Crippen molar-refractivity contribution in [1.82, 2.24) is 4.72 Å². The second-order valence-corrected chi connectivity index (χ2v) is 9.32. The molecule has 136 valence electrons. The van der Waals surface area contributed by atoms with Gasteiger partial charge >= 0.3 is 0 Å². The summed E-state index contributed by atoms with van der Waals surface area (Å²) in [6.07, 6.45) is 1.43. The molecule has 0 heterocycles. The summed E-state index contributed by atoms with van der Waals surface area (Å²) < 4.78 is 30.6. The van der Waals surface area contributed by atoms with E-state index in [4.69, 9.17) is 16.3 Å². The van der Waals surface area contributed by atoms with Crippen molar-refractivity contribution in [1.29, 1.82) is 0 Å². The Morgan fingerprint density at radius 3 is 2.50 bits per heavy atom. The van der Waals surface area contributed by atoms with E-state index >= 15 is 0 Å². The van der Waals surface area contributed by atoms with Crippen LogP contribution in [0.15, 0.2) is 18.2 Å². The molecule has 24 heavy (non-hydrogen) atoms. The van der Waals surface area contributed by atoms with Crippen LogP contribution in [0.1, 0.15) is 40.0 Å². The summed E-state index contributed by atoms with van der Waals surface area (Å²) in [7, 11) is -1.83. The van der Waals surface area contributed by atoms with Gasteiger partial charge in [0.25, 0.3) is 0 Å². The summed E-state index contributed by atoms with van der Waals surface area (Å²) in [6.45, 7) is 5.23. The maximum atomic E-state index is 12.0. The Balaban J connectivity index is 2.39. The third-order valence-corrected chi connectivity index (χ3v) is 5.80. The van der Waals surface area contributed by atoms with Crippen LogP contribution in [0.3, 0.4) is 0 Å². The standard InChI is InChI=1S/C16H25ClN2O4S/c1-16(2,3)24(21,22)18-10-6-5-7-15(20)19-13-11-12(17)8-9-14(13)23-4/h8-9,11,18H,5-7,10H2,1-4H3,(H,19,20). The molecule has 0 unspecified atom stereocenters. The predicted octanol–water partition coefficient (Wildman–Crippen LogP) is 3.18. The summed E-state index contributed by atoms with van der Waals surface area (Å²) in [5.74, 6) is 0.361. The largest absolute Gasteiger partial charge is 0.495 e. The van der Waals surface area contributed by atoms with Crippen molar-refractivity contribution >= 4 is 33.2 Å². The average molecular weight is 377 g/mol. The number of hydrogen-bond donors (Lipinski definition) is 2. The van der Waals surface area contributed by atoms with Gasteiger partial charge in [-0.25, -0.2) is 13.1 Å². The first-order valence-corrected chi connectivity index (χ1v) is 9.55. The minimum Gasteiger partial charge on any atom is -0.495 e. The van der Waals surface area contributed by atoms with Gasteiger partial charge in [-0.3, -0.25) is 4.79 Å². The number of nitrogens with one attached hydrogen (secondary N) is 2. The molecule has 0 radical (unpaired) electrons. The van der Waals surface area contributed by atoms with Gasteiger partial charge in [-0.15, -0.1) is 0 Å². The second-order valence-electron chi connectivity index (χ2n) is 6.36. The van der Waals surface area contributed by atoms with Gasteiger partial charge in [-0.05, 0) is 51.8 Å². The van der Waals surface area contributed by atoms with Crippen LogP contribution < -0.4 is 14.8 Å². The van der Waals surface area contributed by atoms with Crippen molar-refractivity contribution in [2.75, 3.05) is 19.0 Å². The van der Waals surface area contributed by atoms with Gasteiger partial charge in [-0.2, -0.15) is 0 Å². The van der Waals surface area contributed by atoms with Crippen molar-refractivity contribution in [3.8, 4) is 5.75 Å². The molecule has 1 amide bonds. The maximum absolute atomic E-state index is 12.0. The first kappa shape index (κ1) is 20.7. The van der Waals surface area contributed by atoms with E-state index in [0.29, 0.717) is 35.8 Å². The lowest BCUT2D eigenvalue weighted by Crippen LogP contribution is -2.39. The number of anilines is 1. The molecule has 6 nitrogen and oxygen atoms in total. The number of unbranched alkanes of at least 4 members (excludes halogenated alkanes) is 1. The van der Waals surface area contributed by atoms with Crippen LogP contribution in [0.25, 0.3) is 0 Å². The molecule has 0 aliphatic rings. The van der Waals surface area contributed by atoms with Crippen molar-refractivity contribution in [3.05, 3.63) is 23.2 Å². The molecule has 1 aromatic rings. The van der Waals surface area contributed by atoms with E-state index in [1.54, 1.807) is 39.0 Å². The Bertz CT molecular complexity index is 669. The Kier molecular flexibility index (Phi) is 7.51. The average Bonchev–Trinajstić information content (AvgIpc) is 2.45. The molecule has 0 saturated carbocycles. The second kappa shape index (κ2) is 8.69. The molecule has 0 spiro atoms. The zero-order valence-corrected chi connectivity index (χ0v) is 16.1. The van der Waals surface area contributed by atoms with E-state index in [1.165, 1.54) is 7.11 Å². The molecule has 0 saturated heterocycles. The molecule has 1 aromatic carbocycles. The third-order valence-electron chi connectivity index (χ3n) is 3.36. The maximum Gasteiger partial charge on any atom is 0.224 e. The van der Waals surface area contributed by atoms with Crippen LogP contribution in [0.2, 0.25) is 5.02 Å². The van der Waals surface area contributed by atoms with Crippen LogP contribution in [0.5, 0.6) is 5.75 Å². The summed E-state index contributed by atoms with van der Waals surface area (Å²) >= 11 is 5.91. The highest BCUT2D eigenvalue weighted by atomic mass is 35.5. The summed E-state index contributed by atoms with van der Waals surface area (Å²) in [6, 6.07) is 4.98. The van der Waals surface area contributed by atoms with E-state index in [0.717, 1.165) is 0 Å². The van der Waals surface area contributed by atoms with Gasteiger partial charge in [0.05, 0.1) is 17.5 Å². The number of methoxy groups -OCH3 is 1. The number of hydrogen-bond acceptors (Lipinski definition) is 4. The van der Waals surface area contributed by atoms with E-state index in [2.05, 4.69) is 10.0 Å². The molecule has 0 fully saturated rings. The minimum absolute atomic E-state index is 0.172. The van der Waals surface area contributed by atoms with Gasteiger partial charge in [0.15, 0.2) is 0 Å². The summed E-state index contributed by atoms with van der Waals surface area (Å²) in [5, 5.41) is 3.25. The highest BCUT2D eigenvalue weighted by Crippen LogP contribution is 2.27. The van der Waals surface area contributed by atoms with Crippen LogP contribution in [0.4, 0.5) is 5.69 Å². The normalized spacial score (nSPS) is 12.0. The van der Waals surface area contributed by atoms with Crippen molar-refractivity contribution in [3.63, 3.8) is 0 Å². The highest BCUT2D eigenvalue weighted by Gasteiger charge is 2.27. The number of sulfonamides is 1. The summed E-state index contributed by atoms with van der Waals surface area (Å²) in [5.41, 5.74) is 0.517. The number of ether oxygens (including phenoxy) is 1. The lowest BCUT2D eigenvalue weighted by Gasteiger charge is -2.19. The molecule has 0 aliphatic heterocycles. The topological polar surface area (TPSA) is 84.5 Å². The van der Waals surface area contributed by atoms with Crippen LogP contribution >= 0.6 is 11.6 Å². The molecule has 1 rings (SSSR count).